The predicted octanol–water partition coefficient (Wildman–Crippen LogP) is 1.79. The van der Waals surface area contributed by atoms with E-state index in [9.17, 15) is 4.79 Å². The molecule has 0 spiro atoms. The minimum Gasteiger partial charge on any atom is -0.361 e. The predicted molar refractivity (Wildman–Crippen MR) is 57.1 cm³/mol. The van der Waals surface area contributed by atoms with Crippen molar-refractivity contribution in [2.75, 3.05) is 0 Å². The molecule has 14 heavy (non-hydrogen) atoms. The molecular formula is C11H14N2O. The van der Waals surface area contributed by atoms with Gasteiger partial charge in [0.25, 0.3) is 0 Å². The summed E-state index contributed by atoms with van der Waals surface area (Å²) in [6.45, 7) is 3.66. The molecule has 0 saturated carbocycles. The zero-order valence-electron chi connectivity index (χ0n) is 8.37. The first-order chi connectivity index (χ1) is 6.66. The van der Waals surface area contributed by atoms with Crippen molar-refractivity contribution in [2.45, 2.75) is 13.8 Å². The lowest BCUT2D eigenvalue weighted by molar-refractivity contribution is -0.117. The first-order valence-electron chi connectivity index (χ1n) is 4.55. The SMILES string of the molecule is CC(C)C(=O)/C(C=N)=C1\C=CC=CN1. The Morgan fingerprint density at radius 3 is 2.64 bits per heavy atom. The molecule has 3 heteroatoms. The molecule has 0 aromatic rings. The molecule has 0 amide bonds. The first kappa shape index (κ1) is 10.4. The molecule has 74 valence electrons. The van der Waals surface area contributed by atoms with Gasteiger partial charge in [0.15, 0.2) is 5.78 Å². The zero-order chi connectivity index (χ0) is 10.6. The zero-order valence-corrected chi connectivity index (χ0v) is 8.37. The molecule has 1 heterocycles. The summed E-state index contributed by atoms with van der Waals surface area (Å²) in [5.41, 5.74) is 1.13. The second-order valence-electron chi connectivity index (χ2n) is 3.35. The maximum atomic E-state index is 11.7. The van der Waals surface area contributed by atoms with Gasteiger partial charge in [-0.25, -0.2) is 0 Å². The third-order valence-corrected chi connectivity index (χ3v) is 1.93. The van der Waals surface area contributed by atoms with Crippen LogP contribution in [0.3, 0.4) is 0 Å². The highest BCUT2D eigenvalue weighted by molar-refractivity contribution is 6.14. The molecule has 3 nitrogen and oxygen atoms in total. The van der Waals surface area contributed by atoms with Crippen molar-refractivity contribution < 1.29 is 4.79 Å². The highest BCUT2D eigenvalue weighted by atomic mass is 16.1. The Morgan fingerprint density at radius 1 is 1.50 bits per heavy atom. The van der Waals surface area contributed by atoms with Crippen molar-refractivity contribution >= 4 is 12.0 Å². The summed E-state index contributed by atoms with van der Waals surface area (Å²) in [7, 11) is 0. The van der Waals surface area contributed by atoms with Crippen LogP contribution >= 0.6 is 0 Å². The summed E-state index contributed by atoms with van der Waals surface area (Å²) in [5, 5.41) is 10.2. The van der Waals surface area contributed by atoms with Gasteiger partial charge in [-0.05, 0) is 12.2 Å². The Hall–Kier alpha value is -1.64. The molecule has 0 aromatic heterocycles. The number of hydrogen-bond acceptors (Lipinski definition) is 3. The fourth-order valence-corrected chi connectivity index (χ4v) is 1.15. The van der Waals surface area contributed by atoms with Gasteiger partial charge >= 0.3 is 0 Å². The Kier molecular flexibility index (Phi) is 3.40. The third-order valence-electron chi connectivity index (χ3n) is 1.93. The van der Waals surface area contributed by atoms with E-state index in [1.807, 2.05) is 26.0 Å². The summed E-state index contributed by atoms with van der Waals surface area (Å²) >= 11 is 0. The maximum absolute atomic E-state index is 11.7. The molecule has 1 rings (SSSR count). The van der Waals surface area contributed by atoms with E-state index in [0.29, 0.717) is 11.3 Å². The van der Waals surface area contributed by atoms with Crippen molar-refractivity contribution in [2.24, 2.45) is 5.92 Å². The van der Waals surface area contributed by atoms with Crippen LogP contribution in [0.25, 0.3) is 0 Å². The van der Waals surface area contributed by atoms with E-state index in [0.717, 1.165) is 6.21 Å². The normalized spacial score (nSPS) is 17.9. The number of ketones is 1. The summed E-state index contributed by atoms with van der Waals surface area (Å²) in [5.74, 6) is -0.0948. The second kappa shape index (κ2) is 4.56. The third kappa shape index (κ3) is 2.19. The van der Waals surface area contributed by atoms with Gasteiger partial charge in [0.05, 0.1) is 11.3 Å². The van der Waals surface area contributed by atoms with Gasteiger partial charge in [-0.15, -0.1) is 0 Å². The topological polar surface area (TPSA) is 53.0 Å². The number of carbonyl (C=O) groups is 1. The van der Waals surface area contributed by atoms with Crippen LogP contribution in [0.2, 0.25) is 0 Å². The Labute approximate surface area is 83.7 Å². The number of hydrogen-bond donors (Lipinski definition) is 2. The first-order valence-corrected chi connectivity index (χ1v) is 4.55. The molecule has 0 bridgehead atoms. The highest BCUT2D eigenvalue weighted by Crippen LogP contribution is 2.10. The van der Waals surface area contributed by atoms with E-state index < -0.39 is 0 Å². The standard InChI is InChI=1S/C11H14N2O/c1-8(2)11(14)9(7-12)10-5-3-4-6-13-10/h3-8,12-13H,1-2H3/b10-9+,12-7?. The molecule has 2 N–H and O–H groups in total. The number of rotatable bonds is 3. The summed E-state index contributed by atoms with van der Waals surface area (Å²) in [4.78, 5) is 11.7. The average molecular weight is 190 g/mol. The highest BCUT2D eigenvalue weighted by Gasteiger charge is 2.15. The van der Waals surface area contributed by atoms with Crippen LogP contribution in [0.15, 0.2) is 35.7 Å². The van der Waals surface area contributed by atoms with Gasteiger partial charge in [0, 0.05) is 18.3 Å². The second-order valence-corrected chi connectivity index (χ2v) is 3.35. The van der Waals surface area contributed by atoms with Gasteiger partial charge in [-0.2, -0.15) is 0 Å². The van der Waals surface area contributed by atoms with E-state index in [2.05, 4.69) is 5.32 Å². The minimum absolute atomic E-state index is 0.0116. The fourth-order valence-electron chi connectivity index (χ4n) is 1.15. The van der Waals surface area contributed by atoms with E-state index in [4.69, 9.17) is 5.41 Å². The van der Waals surface area contributed by atoms with E-state index >= 15 is 0 Å². The molecule has 1 aliphatic heterocycles. The molecular weight excluding hydrogens is 176 g/mol. The van der Waals surface area contributed by atoms with Gasteiger partial charge in [-0.1, -0.05) is 19.9 Å². The monoisotopic (exact) mass is 190 g/mol. The van der Waals surface area contributed by atoms with Crippen LogP contribution < -0.4 is 5.32 Å². The molecule has 0 aliphatic carbocycles. The molecule has 0 unspecified atom stereocenters. The van der Waals surface area contributed by atoms with Crippen molar-refractivity contribution in [3.63, 3.8) is 0 Å². The number of carbonyl (C=O) groups excluding carboxylic acids is 1. The van der Waals surface area contributed by atoms with E-state index in [-0.39, 0.29) is 11.7 Å². The minimum atomic E-state index is -0.0831. The Balaban J connectivity index is 3.01. The fraction of sp³-hybridized carbons (Fsp3) is 0.273. The van der Waals surface area contributed by atoms with Crippen molar-refractivity contribution in [3.8, 4) is 0 Å². The largest absolute Gasteiger partial charge is 0.361 e. The van der Waals surface area contributed by atoms with Crippen LogP contribution in [0.4, 0.5) is 0 Å². The lowest BCUT2D eigenvalue weighted by Gasteiger charge is -2.11. The van der Waals surface area contributed by atoms with Crippen LogP contribution in [0.1, 0.15) is 13.8 Å². The lowest BCUT2D eigenvalue weighted by Crippen LogP contribution is -2.18. The molecule has 0 fully saturated rings. The molecule has 0 radical (unpaired) electrons. The Bertz CT molecular complexity index is 335. The van der Waals surface area contributed by atoms with E-state index in [1.54, 1.807) is 12.3 Å². The van der Waals surface area contributed by atoms with E-state index in [1.165, 1.54) is 0 Å². The summed E-state index contributed by atoms with van der Waals surface area (Å²) < 4.78 is 0. The molecule has 0 saturated heterocycles. The summed E-state index contributed by atoms with van der Waals surface area (Å²) in [6, 6.07) is 0. The van der Waals surface area contributed by atoms with Gasteiger partial charge in [0.1, 0.15) is 0 Å². The van der Waals surface area contributed by atoms with Crippen molar-refractivity contribution in [1.82, 2.24) is 5.32 Å². The van der Waals surface area contributed by atoms with Crippen molar-refractivity contribution in [1.29, 1.82) is 5.41 Å². The number of nitrogens with one attached hydrogen (secondary N) is 2. The van der Waals surface area contributed by atoms with Gasteiger partial charge in [0.2, 0.25) is 0 Å². The average Bonchev–Trinajstić information content (AvgIpc) is 2.20. The number of Topliss-reactive ketones (excluding diaryl/α,β-unsaturated/α-hetero) is 1. The van der Waals surface area contributed by atoms with Gasteiger partial charge < -0.3 is 10.7 Å². The molecule has 0 aromatic carbocycles. The lowest BCUT2D eigenvalue weighted by atomic mass is 9.99. The van der Waals surface area contributed by atoms with Crippen LogP contribution in [-0.2, 0) is 4.79 Å². The Morgan fingerprint density at radius 2 is 2.21 bits per heavy atom. The van der Waals surface area contributed by atoms with Crippen LogP contribution in [-0.4, -0.2) is 12.0 Å². The number of dihydropyridines is 1. The molecule has 0 atom stereocenters. The van der Waals surface area contributed by atoms with Crippen LogP contribution in [0.5, 0.6) is 0 Å². The van der Waals surface area contributed by atoms with Gasteiger partial charge in [-0.3, -0.25) is 4.79 Å². The smallest absolute Gasteiger partial charge is 0.169 e. The number of allylic oxidation sites excluding steroid dienone is 4. The molecule has 1 aliphatic rings. The van der Waals surface area contributed by atoms with Crippen LogP contribution in [0, 0.1) is 11.3 Å². The summed E-state index contributed by atoms with van der Waals surface area (Å²) in [6.07, 6.45) is 8.31. The van der Waals surface area contributed by atoms with Crippen molar-refractivity contribution in [3.05, 3.63) is 35.7 Å². The quantitative estimate of drug-likeness (QED) is 0.526. The maximum Gasteiger partial charge on any atom is 0.169 e.